The van der Waals surface area contributed by atoms with Crippen LogP contribution in [0.3, 0.4) is 0 Å². The van der Waals surface area contributed by atoms with Gasteiger partial charge in [-0.1, -0.05) is 224 Å². The topological polar surface area (TPSA) is 16.4 Å². The Morgan fingerprint density at radius 1 is 0.500 bits per heavy atom. The summed E-state index contributed by atoms with van der Waals surface area (Å²) in [5, 5.41) is 1.20. The molecule has 2 nitrogen and oxygen atoms in total. The van der Waals surface area contributed by atoms with Gasteiger partial charge in [-0.15, -0.1) is 0 Å². The number of aryl methyl sites for hydroxylation is 2. The average Bonchev–Trinajstić information content (AvgIpc) is 3.17. The molecule has 0 amide bonds. The fraction of sp³-hybridized carbons (Fsp3) is 0.392. The van der Waals surface area contributed by atoms with Crippen molar-refractivity contribution in [2.45, 2.75) is 201 Å². The van der Waals surface area contributed by atoms with Crippen LogP contribution in [0.2, 0.25) is 0 Å². The summed E-state index contributed by atoms with van der Waals surface area (Å²) in [4.78, 5) is 2.45. The molecule has 0 unspecified atom stereocenters. The first-order valence-electron chi connectivity index (χ1n) is 31.0. The fourth-order valence-corrected chi connectivity index (χ4v) is 15.1. The molecule has 4 aliphatic rings. The average molecular weight is 1080 g/mol. The number of hydrogen-bond acceptors (Lipinski definition) is 2. The number of fused-ring (bicyclic) bond motifs is 6. The maximum Gasteiger partial charge on any atom is 0.290 e. The summed E-state index contributed by atoms with van der Waals surface area (Å²) in [6, 6.07) is 51.7. The summed E-state index contributed by atoms with van der Waals surface area (Å²) in [7, 11) is 0. The lowest BCUT2D eigenvalue weighted by molar-refractivity contribution is 0.331. The van der Waals surface area contributed by atoms with E-state index >= 15 is 0 Å². The van der Waals surface area contributed by atoms with E-state index in [-0.39, 0.29) is 44.6 Å². The van der Waals surface area contributed by atoms with Crippen LogP contribution in [0.5, 0.6) is 0 Å². The standard InChI is InChI=1S/C79H90BNO/c1-50-41-63-64(75(8,9)35-34-74(63,6)7)45-53(50)42-54-43-55-44-59(81(57-24-20-18-21-25-57)58-26-22-19-23-27-58)40-51(2)71(55)80(69-48-67-65(46-61(54)69)76(10,11)36-38-78(67,14)15)72-60(33-30-52-28-31-56(32-29-52)73(3,4)5)62-47-66-68(49-70(62)82-72)79(16,17)39-37-77(66,12)13/h18-33,40-41,43-49H,34-39,42H2,1-17H3/b33-30-. The van der Waals surface area contributed by atoms with E-state index in [1.165, 1.54) is 113 Å². The van der Waals surface area contributed by atoms with Crippen LogP contribution in [-0.2, 0) is 44.3 Å². The number of benzene rings is 7. The molecule has 12 rings (SSSR count). The van der Waals surface area contributed by atoms with Crippen molar-refractivity contribution in [3.05, 3.63) is 211 Å². The van der Waals surface area contributed by atoms with Gasteiger partial charge in [0.25, 0.3) is 6.71 Å². The van der Waals surface area contributed by atoms with E-state index < -0.39 is 0 Å². The molecule has 2 heterocycles. The van der Waals surface area contributed by atoms with Gasteiger partial charge in [0.1, 0.15) is 5.58 Å². The van der Waals surface area contributed by atoms with Crippen molar-refractivity contribution < 1.29 is 4.42 Å². The Balaban J connectivity index is 1.19. The number of allylic oxidation sites excluding steroid dienone is 1. The van der Waals surface area contributed by atoms with Crippen LogP contribution in [0.1, 0.15) is 220 Å². The highest BCUT2D eigenvalue weighted by molar-refractivity contribution is 6.96. The molecule has 420 valence electrons. The second kappa shape index (κ2) is 19.5. The van der Waals surface area contributed by atoms with Crippen LogP contribution < -0.4 is 21.5 Å². The lowest BCUT2D eigenvalue weighted by atomic mass is 9.36. The number of para-hydroxylation sites is 2. The lowest BCUT2D eigenvalue weighted by Gasteiger charge is -2.43. The molecular formula is C79H90BNO. The van der Waals surface area contributed by atoms with Crippen molar-refractivity contribution in [1.82, 2.24) is 0 Å². The van der Waals surface area contributed by atoms with Crippen molar-refractivity contribution in [1.29, 1.82) is 0 Å². The van der Waals surface area contributed by atoms with Gasteiger partial charge in [0.15, 0.2) is 0 Å². The van der Waals surface area contributed by atoms with Crippen LogP contribution >= 0.6 is 0 Å². The number of furan rings is 1. The minimum atomic E-state index is -0.237. The molecule has 0 N–H and O–H groups in total. The van der Waals surface area contributed by atoms with Crippen LogP contribution in [0.25, 0.3) is 34.8 Å². The van der Waals surface area contributed by atoms with Crippen molar-refractivity contribution >= 4 is 75.1 Å². The Kier molecular flexibility index (Phi) is 13.3. The summed E-state index contributed by atoms with van der Waals surface area (Å²) in [5.41, 5.74) is 28.9. The minimum Gasteiger partial charge on any atom is -0.470 e. The van der Waals surface area contributed by atoms with Gasteiger partial charge >= 0.3 is 0 Å². The van der Waals surface area contributed by atoms with E-state index in [4.69, 9.17) is 4.42 Å². The summed E-state index contributed by atoms with van der Waals surface area (Å²) in [5.74, 6) is 0. The highest BCUT2D eigenvalue weighted by atomic mass is 16.3. The summed E-state index contributed by atoms with van der Waals surface area (Å²) < 4.78 is 7.89. The molecule has 0 saturated heterocycles. The zero-order valence-electron chi connectivity index (χ0n) is 52.8. The molecule has 3 aliphatic carbocycles. The van der Waals surface area contributed by atoms with E-state index in [0.717, 1.165) is 60.4 Å². The van der Waals surface area contributed by atoms with Gasteiger partial charge < -0.3 is 9.32 Å². The Bertz CT molecular complexity index is 3840. The van der Waals surface area contributed by atoms with Crippen LogP contribution in [-0.4, -0.2) is 6.71 Å². The molecule has 0 fully saturated rings. The molecule has 1 aromatic heterocycles. The predicted molar refractivity (Wildman–Crippen MR) is 356 cm³/mol. The second-order valence-electron chi connectivity index (χ2n) is 30.6. The second-order valence-corrected chi connectivity index (χ2v) is 30.6. The molecule has 8 aromatic rings. The molecule has 7 aromatic carbocycles. The highest BCUT2D eigenvalue weighted by Gasteiger charge is 2.44. The maximum absolute atomic E-state index is 7.89. The Morgan fingerprint density at radius 3 is 1.52 bits per heavy atom. The number of hydrogen-bond donors (Lipinski definition) is 0. The molecule has 82 heavy (non-hydrogen) atoms. The molecule has 0 atom stereocenters. The summed E-state index contributed by atoms with van der Waals surface area (Å²) >= 11 is 0. The van der Waals surface area contributed by atoms with Crippen LogP contribution in [0, 0.1) is 13.8 Å². The quantitative estimate of drug-likeness (QED) is 0.141. The molecular weight excluding hydrogens is 990 g/mol. The van der Waals surface area contributed by atoms with Gasteiger partial charge in [-0.25, -0.2) is 0 Å². The highest BCUT2D eigenvalue weighted by Crippen LogP contribution is 2.51. The van der Waals surface area contributed by atoms with Gasteiger partial charge in [0.05, 0.1) is 5.66 Å². The first-order chi connectivity index (χ1) is 38.5. The maximum atomic E-state index is 7.89. The third-order valence-electron chi connectivity index (χ3n) is 20.9. The fourth-order valence-electron chi connectivity index (χ4n) is 15.1. The number of nitrogens with zero attached hydrogens (tertiary/aromatic N) is 1. The Hall–Kier alpha value is -6.58. The third-order valence-corrected chi connectivity index (χ3v) is 20.9. The van der Waals surface area contributed by atoms with Gasteiger partial charge in [-0.3, -0.25) is 0 Å². The first-order valence-corrected chi connectivity index (χ1v) is 31.0. The van der Waals surface area contributed by atoms with E-state index in [1.807, 2.05) is 0 Å². The van der Waals surface area contributed by atoms with Crippen molar-refractivity contribution in [3.8, 4) is 0 Å². The Morgan fingerprint density at radius 2 is 0.988 bits per heavy atom. The zero-order valence-corrected chi connectivity index (χ0v) is 52.8. The van der Waals surface area contributed by atoms with Crippen LogP contribution in [0.4, 0.5) is 17.1 Å². The van der Waals surface area contributed by atoms with Gasteiger partial charge in [-0.05, 0) is 218 Å². The minimum absolute atomic E-state index is 0.000417. The van der Waals surface area contributed by atoms with Gasteiger partial charge in [0, 0.05) is 28.0 Å². The molecule has 0 spiro atoms. The number of rotatable bonds is 8. The molecule has 0 radical (unpaired) electrons. The largest absolute Gasteiger partial charge is 0.470 e. The molecule has 0 saturated carbocycles. The van der Waals surface area contributed by atoms with Gasteiger partial charge in [-0.2, -0.15) is 0 Å². The number of anilines is 3. The van der Waals surface area contributed by atoms with Crippen molar-refractivity contribution in [2.24, 2.45) is 0 Å². The van der Waals surface area contributed by atoms with E-state index in [9.17, 15) is 0 Å². The summed E-state index contributed by atoms with van der Waals surface area (Å²) in [6.45, 7) is 41.1. The molecule has 3 heteroatoms. The van der Waals surface area contributed by atoms with Crippen LogP contribution in [0.15, 0.2) is 138 Å². The van der Waals surface area contributed by atoms with Gasteiger partial charge in [0.2, 0.25) is 0 Å². The summed E-state index contributed by atoms with van der Waals surface area (Å²) in [6.07, 6.45) is 15.2. The molecule has 0 bridgehead atoms. The third kappa shape index (κ3) is 9.68. The first kappa shape index (κ1) is 55.9. The van der Waals surface area contributed by atoms with Crippen molar-refractivity contribution in [2.75, 3.05) is 4.90 Å². The molecule has 1 aliphatic heterocycles. The Labute approximate surface area is 493 Å². The zero-order chi connectivity index (χ0) is 58.3. The SMILES string of the molecule is Cc1cc2c(cc1CC1=Cc3cc(N(c4ccccc4)c4ccccc4)cc(C)c3B(c3oc4cc5c(cc4c3/C=C\c3ccc(C(C)(C)C)cc3)C(C)(C)CCC5(C)C)c3cc4c(cc31)C(C)(C)CCC4(C)C)C(C)(C)CCC2(C)C. The smallest absolute Gasteiger partial charge is 0.290 e. The monoisotopic (exact) mass is 1080 g/mol. The van der Waals surface area contributed by atoms with E-state index in [2.05, 4.69) is 274 Å². The van der Waals surface area contributed by atoms with E-state index in [0.29, 0.717) is 0 Å². The van der Waals surface area contributed by atoms with Crippen molar-refractivity contribution in [3.63, 3.8) is 0 Å². The normalized spacial score (nSPS) is 18.9. The predicted octanol–water partition coefficient (Wildman–Crippen LogP) is 19.6. The lowest BCUT2D eigenvalue weighted by Crippen LogP contribution is -2.55. The van der Waals surface area contributed by atoms with E-state index in [1.54, 1.807) is 0 Å².